The summed E-state index contributed by atoms with van der Waals surface area (Å²) in [5.74, 6) is -2.33. The zero-order chi connectivity index (χ0) is 16.9. The third kappa shape index (κ3) is 2.13. The van der Waals surface area contributed by atoms with E-state index in [1.807, 2.05) is 36.9 Å². The Morgan fingerprint density at radius 2 is 1.83 bits per heavy atom. The highest BCUT2D eigenvalue weighted by Gasteiger charge is 2.62. The number of esters is 2. The molecule has 2 unspecified atom stereocenters. The maximum absolute atomic E-state index is 12.1. The fourth-order valence-electron chi connectivity index (χ4n) is 3.98. The Kier molecular flexibility index (Phi) is 3.38. The van der Waals surface area contributed by atoms with Crippen molar-refractivity contribution >= 4 is 17.6 Å². The Hall–Kier alpha value is -2.34. The molecule has 4 rings (SSSR count). The van der Waals surface area contributed by atoms with Gasteiger partial charge in [0.05, 0.1) is 5.92 Å². The summed E-state index contributed by atoms with van der Waals surface area (Å²) >= 11 is 0. The topological polar surface area (TPSA) is 67.9 Å². The molecule has 3 aliphatic heterocycles. The van der Waals surface area contributed by atoms with Crippen LogP contribution in [0.15, 0.2) is 30.4 Å². The van der Waals surface area contributed by atoms with Crippen LogP contribution in [0.25, 0.3) is 0 Å². The Bertz CT molecular complexity index is 723. The van der Waals surface area contributed by atoms with Crippen molar-refractivity contribution < 1.29 is 19.1 Å². The molecule has 126 valence electrons. The third-order valence-electron chi connectivity index (χ3n) is 5.32. The van der Waals surface area contributed by atoms with Crippen molar-refractivity contribution in [1.29, 1.82) is 0 Å². The van der Waals surface area contributed by atoms with Gasteiger partial charge in [0, 0.05) is 43.4 Å². The first-order valence-electron chi connectivity index (χ1n) is 8.20. The Labute approximate surface area is 140 Å². The van der Waals surface area contributed by atoms with E-state index in [1.54, 1.807) is 0 Å². The van der Waals surface area contributed by atoms with Gasteiger partial charge in [0.15, 0.2) is 0 Å². The minimum atomic E-state index is -1.38. The van der Waals surface area contributed by atoms with Crippen molar-refractivity contribution in [2.24, 2.45) is 11.8 Å². The van der Waals surface area contributed by atoms with Crippen LogP contribution in [0.1, 0.15) is 11.1 Å². The number of anilines is 1. The number of nitrogens with zero attached hydrogens (tertiary/aromatic N) is 1. The van der Waals surface area contributed by atoms with Gasteiger partial charge >= 0.3 is 17.8 Å². The lowest BCUT2D eigenvalue weighted by molar-refractivity contribution is -0.230. The molecule has 0 bridgehead atoms. The second-order valence-corrected chi connectivity index (χ2v) is 6.66. The average molecular weight is 328 g/mol. The summed E-state index contributed by atoms with van der Waals surface area (Å²) in [5.41, 5.74) is 3.17. The Morgan fingerprint density at radius 3 is 2.54 bits per heavy atom. The van der Waals surface area contributed by atoms with E-state index >= 15 is 0 Å². The maximum Gasteiger partial charge on any atom is 0.347 e. The number of hydrogen-bond acceptors (Lipinski definition) is 6. The molecule has 1 spiro atoms. The van der Waals surface area contributed by atoms with Gasteiger partial charge in [-0.25, -0.2) is 9.59 Å². The van der Waals surface area contributed by atoms with Crippen LogP contribution in [-0.2, 0) is 19.1 Å². The van der Waals surface area contributed by atoms with Crippen molar-refractivity contribution in [3.05, 3.63) is 41.5 Å². The number of ether oxygens (including phenoxy) is 2. The van der Waals surface area contributed by atoms with Gasteiger partial charge in [-0.1, -0.05) is 12.1 Å². The van der Waals surface area contributed by atoms with Crippen molar-refractivity contribution in [1.82, 2.24) is 5.32 Å². The molecule has 2 fully saturated rings. The molecule has 1 N–H and O–H groups in total. The molecule has 2 atom stereocenters. The SMILES string of the molecule is Cc1cccc(N2CC3CNCC3C23OC(=O)C=CC(=O)O3)c1C. The number of fused-ring (bicyclic) bond motifs is 2. The molecule has 2 saturated heterocycles. The summed E-state index contributed by atoms with van der Waals surface area (Å²) in [7, 11) is 0. The van der Waals surface area contributed by atoms with E-state index < -0.39 is 17.8 Å². The number of carbonyl (C=O) groups excluding carboxylic acids is 2. The first kappa shape index (κ1) is 15.2. The maximum atomic E-state index is 12.1. The van der Waals surface area contributed by atoms with E-state index in [9.17, 15) is 9.59 Å². The number of carbonyl (C=O) groups is 2. The van der Waals surface area contributed by atoms with Crippen LogP contribution in [-0.4, -0.2) is 37.5 Å². The predicted octanol–water partition coefficient (Wildman–Crippen LogP) is 1.27. The number of hydrogen-bond donors (Lipinski definition) is 1. The van der Waals surface area contributed by atoms with Gasteiger partial charge in [0.1, 0.15) is 0 Å². The number of nitrogens with one attached hydrogen (secondary N) is 1. The molecule has 0 radical (unpaired) electrons. The standard InChI is InChI=1S/C18H20N2O4/c1-11-4-3-5-15(12(11)2)20-10-13-8-19-9-14(13)18(20)23-16(21)6-7-17(22)24-18/h3-7,13-14,19H,8-10H2,1-2H3. The number of benzene rings is 1. The van der Waals surface area contributed by atoms with Gasteiger partial charge in [0.2, 0.25) is 0 Å². The normalized spacial score (nSPS) is 27.8. The fraction of sp³-hybridized carbons (Fsp3) is 0.444. The summed E-state index contributed by atoms with van der Waals surface area (Å²) in [6, 6.07) is 5.99. The van der Waals surface area contributed by atoms with Crippen LogP contribution in [0.3, 0.4) is 0 Å². The summed E-state index contributed by atoms with van der Waals surface area (Å²) in [5, 5.41) is 3.31. The number of aryl methyl sites for hydroxylation is 1. The van der Waals surface area contributed by atoms with Gasteiger partial charge in [-0.2, -0.15) is 0 Å². The highest BCUT2D eigenvalue weighted by atomic mass is 16.8. The highest BCUT2D eigenvalue weighted by molar-refractivity contribution is 5.93. The van der Waals surface area contributed by atoms with E-state index in [0.29, 0.717) is 13.1 Å². The summed E-state index contributed by atoms with van der Waals surface area (Å²) in [6.07, 6.45) is 2.27. The van der Waals surface area contributed by atoms with Gasteiger partial charge in [-0.15, -0.1) is 0 Å². The minimum absolute atomic E-state index is 0.0924. The third-order valence-corrected chi connectivity index (χ3v) is 5.32. The van der Waals surface area contributed by atoms with E-state index in [1.165, 1.54) is 0 Å². The first-order chi connectivity index (χ1) is 11.5. The molecule has 24 heavy (non-hydrogen) atoms. The molecule has 0 aliphatic carbocycles. The smallest absolute Gasteiger partial charge is 0.347 e. The predicted molar refractivity (Wildman–Crippen MR) is 87.2 cm³/mol. The lowest BCUT2D eigenvalue weighted by Crippen LogP contribution is -2.55. The average Bonchev–Trinajstić information content (AvgIpc) is 3.06. The lowest BCUT2D eigenvalue weighted by atomic mass is 9.97. The summed E-state index contributed by atoms with van der Waals surface area (Å²) in [6.45, 7) is 6.20. The van der Waals surface area contributed by atoms with Crippen molar-refractivity contribution in [2.75, 3.05) is 24.5 Å². The van der Waals surface area contributed by atoms with Crippen molar-refractivity contribution in [3.8, 4) is 0 Å². The van der Waals surface area contributed by atoms with Gasteiger partial charge in [0.25, 0.3) is 0 Å². The van der Waals surface area contributed by atoms with Crippen LogP contribution in [0.5, 0.6) is 0 Å². The van der Waals surface area contributed by atoms with Gasteiger partial charge in [-0.05, 0) is 31.0 Å². The second kappa shape index (κ2) is 5.34. The molecule has 6 nitrogen and oxygen atoms in total. The monoisotopic (exact) mass is 328 g/mol. The molecule has 0 amide bonds. The second-order valence-electron chi connectivity index (χ2n) is 6.66. The fourth-order valence-corrected chi connectivity index (χ4v) is 3.98. The van der Waals surface area contributed by atoms with E-state index in [4.69, 9.17) is 9.47 Å². The molecule has 1 aromatic rings. The largest absolute Gasteiger partial charge is 0.400 e. The van der Waals surface area contributed by atoms with Gasteiger partial charge < -0.3 is 14.8 Å². The Balaban J connectivity index is 1.84. The number of rotatable bonds is 1. The van der Waals surface area contributed by atoms with Crippen LogP contribution in [0, 0.1) is 25.7 Å². The lowest BCUT2D eigenvalue weighted by Gasteiger charge is -2.40. The minimum Gasteiger partial charge on any atom is -0.400 e. The molecule has 6 heteroatoms. The van der Waals surface area contributed by atoms with Crippen molar-refractivity contribution in [2.45, 2.75) is 19.8 Å². The van der Waals surface area contributed by atoms with Crippen LogP contribution >= 0.6 is 0 Å². The van der Waals surface area contributed by atoms with Crippen molar-refractivity contribution in [3.63, 3.8) is 0 Å². The molecule has 0 saturated carbocycles. The molecular formula is C18H20N2O4. The Morgan fingerprint density at radius 1 is 1.12 bits per heavy atom. The molecule has 3 aliphatic rings. The van der Waals surface area contributed by atoms with Crippen LogP contribution < -0.4 is 10.2 Å². The zero-order valence-electron chi connectivity index (χ0n) is 13.7. The molecule has 0 aromatic heterocycles. The summed E-state index contributed by atoms with van der Waals surface area (Å²) < 4.78 is 11.4. The quantitative estimate of drug-likeness (QED) is 0.783. The van der Waals surface area contributed by atoms with Gasteiger partial charge in [-0.3, -0.25) is 4.90 Å². The summed E-state index contributed by atoms with van der Waals surface area (Å²) in [4.78, 5) is 26.2. The molecule has 1 aromatic carbocycles. The van der Waals surface area contributed by atoms with E-state index in [-0.39, 0.29) is 11.8 Å². The highest BCUT2D eigenvalue weighted by Crippen LogP contribution is 2.47. The molecular weight excluding hydrogens is 308 g/mol. The molecule has 3 heterocycles. The zero-order valence-corrected chi connectivity index (χ0v) is 13.7. The van der Waals surface area contributed by atoms with Crippen LogP contribution in [0.2, 0.25) is 0 Å². The van der Waals surface area contributed by atoms with E-state index in [2.05, 4.69) is 5.32 Å². The first-order valence-corrected chi connectivity index (χ1v) is 8.20. The van der Waals surface area contributed by atoms with Crippen LogP contribution in [0.4, 0.5) is 5.69 Å². The van der Waals surface area contributed by atoms with E-state index in [0.717, 1.165) is 35.5 Å².